The lowest BCUT2D eigenvalue weighted by Gasteiger charge is -2.25. The second-order valence-corrected chi connectivity index (χ2v) is 8.21. The van der Waals surface area contributed by atoms with Gasteiger partial charge < -0.3 is 9.84 Å². The first kappa shape index (κ1) is 18.6. The molecule has 26 heavy (non-hydrogen) atoms. The summed E-state index contributed by atoms with van der Waals surface area (Å²) in [5, 5.41) is 10.6. The van der Waals surface area contributed by atoms with Crippen LogP contribution in [0.4, 0.5) is 0 Å². The van der Waals surface area contributed by atoms with E-state index in [4.69, 9.17) is 27.9 Å². The Morgan fingerprint density at radius 3 is 2.42 bits per heavy atom. The highest BCUT2D eigenvalue weighted by Gasteiger charge is 2.50. The Bertz CT molecular complexity index is 1020. The summed E-state index contributed by atoms with van der Waals surface area (Å²) in [5.74, 6) is -2.26. The van der Waals surface area contributed by atoms with Crippen molar-refractivity contribution >= 4 is 39.0 Å². The van der Waals surface area contributed by atoms with Gasteiger partial charge in [-0.25, -0.2) is 13.1 Å². The van der Waals surface area contributed by atoms with Crippen LogP contribution in [0.1, 0.15) is 12.5 Å². The number of nitrogens with one attached hydrogen (secondary N) is 1. The van der Waals surface area contributed by atoms with Crippen molar-refractivity contribution in [1.29, 1.82) is 0 Å². The number of carbonyl (C=O) groups excluding carboxylic acids is 1. The summed E-state index contributed by atoms with van der Waals surface area (Å²) in [4.78, 5) is 12.5. The van der Waals surface area contributed by atoms with Gasteiger partial charge in [0.25, 0.3) is 15.8 Å². The highest BCUT2D eigenvalue weighted by Crippen LogP contribution is 2.41. The Morgan fingerprint density at radius 2 is 1.77 bits per heavy atom. The molecule has 1 atom stereocenters. The van der Waals surface area contributed by atoms with E-state index < -0.39 is 33.0 Å². The summed E-state index contributed by atoms with van der Waals surface area (Å²) in [6.45, 7) is 1.37. The third kappa shape index (κ3) is 3.13. The third-order valence-electron chi connectivity index (χ3n) is 3.89. The fourth-order valence-corrected chi connectivity index (χ4v) is 4.00. The Balaban J connectivity index is 1.97. The van der Waals surface area contributed by atoms with Crippen LogP contribution in [0.5, 0.6) is 0 Å². The minimum absolute atomic E-state index is 0.0502. The minimum Gasteiger partial charge on any atom is -0.501 e. The summed E-state index contributed by atoms with van der Waals surface area (Å²) < 4.78 is 32.4. The highest BCUT2D eigenvalue weighted by atomic mass is 35.5. The van der Waals surface area contributed by atoms with Gasteiger partial charge in [0.05, 0.1) is 4.90 Å². The lowest BCUT2D eigenvalue weighted by atomic mass is 9.91. The zero-order valence-corrected chi connectivity index (χ0v) is 15.7. The van der Waals surface area contributed by atoms with Crippen molar-refractivity contribution in [3.05, 3.63) is 75.8 Å². The SMILES string of the molecule is CC1(c2cc(Cl)ccc2Cl)OC(NS(=O)(=O)c2ccccc2)=C(O)C1=O. The molecule has 0 bridgehead atoms. The number of hydrogen-bond donors (Lipinski definition) is 2. The molecule has 2 N–H and O–H groups in total. The Hall–Kier alpha value is -2.22. The van der Waals surface area contributed by atoms with Crippen molar-refractivity contribution in [3.8, 4) is 0 Å². The topological polar surface area (TPSA) is 92.7 Å². The molecule has 1 unspecified atom stereocenters. The first-order valence-corrected chi connectivity index (χ1v) is 9.59. The largest absolute Gasteiger partial charge is 0.501 e. The van der Waals surface area contributed by atoms with Gasteiger partial charge in [0, 0.05) is 15.6 Å². The van der Waals surface area contributed by atoms with Gasteiger partial charge in [-0.05, 0) is 37.3 Å². The number of hydrogen-bond acceptors (Lipinski definition) is 5. The third-order valence-corrected chi connectivity index (χ3v) is 5.80. The number of ether oxygens (including phenoxy) is 1. The predicted molar refractivity (Wildman–Crippen MR) is 96.3 cm³/mol. The molecule has 0 saturated heterocycles. The van der Waals surface area contributed by atoms with Gasteiger partial charge >= 0.3 is 0 Å². The summed E-state index contributed by atoms with van der Waals surface area (Å²) in [7, 11) is -4.05. The number of aliphatic hydroxyl groups is 1. The lowest BCUT2D eigenvalue weighted by Crippen LogP contribution is -2.32. The van der Waals surface area contributed by atoms with Crippen LogP contribution in [0, 0.1) is 0 Å². The predicted octanol–water partition coefficient (Wildman–Crippen LogP) is 3.51. The number of rotatable bonds is 4. The standard InChI is InChI=1S/C17H13Cl2NO5S/c1-17(12-9-10(18)7-8-13(12)19)15(22)14(21)16(25-17)20-26(23,24)11-5-3-2-4-6-11/h2-9,20-21H,1H3. The maximum atomic E-state index is 12.6. The fourth-order valence-electron chi connectivity index (χ4n) is 2.52. The van der Waals surface area contributed by atoms with Crippen molar-refractivity contribution in [2.24, 2.45) is 0 Å². The van der Waals surface area contributed by atoms with E-state index in [0.717, 1.165) is 0 Å². The lowest BCUT2D eigenvalue weighted by molar-refractivity contribution is -0.131. The molecule has 1 heterocycles. The zero-order valence-electron chi connectivity index (χ0n) is 13.4. The molecule has 0 aromatic heterocycles. The Kier molecular flexibility index (Phi) is 4.64. The van der Waals surface area contributed by atoms with Crippen molar-refractivity contribution in [2.45, 2.75) is 17.4 Å². The molecule has 0 saturated carbocycles. The van der Waals surface area contributed by atoms with Crippen LogP contribution >= 0.6 is 23.2 Å². The van der Waals surface area contributed by atoms with Crippen molar-refractivity contribution < 1.29 is 23.1 Å². The molecule has 1 aliphatic heterocycles. The number of Topliss-reactive ketones (excluding diaryl/α,β-unsaturated/α-hetero) is 1. The summed E-state index contributed by atoms with van der Waals surface area (Å²) in [6.07, 6.45) is 0. The number of carbonyl (C=O) groups is 1. The van der Waals surface area contributed by atoms with Crippen molar-refractivity contribution in [2.75, 3.05) is 0 Å². The van der Waals surface area contributed by atoms with Crippen LogP contribution in [-0.4, -0.2) is 19.3 Å². The van der Waals surface area contributed by atoms with Crippen LogP contribution in [0.2, 0.25) is 10.0 Å². The van der Waals surface area contributed by atoms with Gasteiger partial charge in [0.2, 0.25) is 17.2 Å². The summed E-state index contributed by atoms with van der Waals surface area (Å²) in [5.41, 5.74) is -1.52. The van der Waals surface area contributed by atoms with Crippen LogP contribution < -0.4 is 4.72 Å². The number of sulfonamides is 1. The van der Waals surface area contributed by atoms with Crippen LogP contribution in [0.3, 0.4) is 0 Å². The maximum absolute atomic E-state index is 12.6. The molecule has 1 aliphatic rings. The van der Waals surface area contributed by atoms with Gasteiger partial charge in [-0.2, -0.15) is 0 Å². The van der Waals surface area contributed by atoms with Gasteiger partial charge in [0.15, 0.2) is 0 Å². The number of halogens is 2. The smallest absolute Gasteiger partial charge is 0.264 e. The summed E-state index contributed by atoms with van der Waals surface area (Å²) in [6, 6.07) is 11.9. The van der Waals surface area contributed by atoms with E-state index in [1.54, 1.807) is 18.2 Å². The molecule has 6 nitrogen and oxygen atoms in total. The van der Waals surface area contributed by atoms with Gasteiger partial charge in [-0.3, -0.25) is 4.79 Å². The average molecular weight is 414 g/mol. The van der Waals surface area contributed by atoms with E-state index in [2.05, 4.69) is 4.72 Å². The van der Waals surface area contributed by atoms with E-state index in [1.165, 1.54) is 37.3 Å². The monoisotopic (exact) mass is 413 g/mol. The highest BCUT2D eigenvalue weighted by molar-refractivity contribution is 7.89. The number of ketones is 1. The van der Waals surface area contributed by atoms with E-state index in [0.29, 0.717) is 5.02 Å². The van der Waals surface area contributed by atoms with E-state index in [1.807, 2.05) is 0 Å². The second-order valence-electron chi connectivity index (χ2n) is 5.68. The number of benzene rings is 2. The summed E-state index contributed by atoms with van der Waals surface area (Å²) >= 11 is 12.1. The Labute approximate surface area is 160 Å². The second kappa shape index (κ2) is 6.50. The average Bonchev–Trinajstić information content (AvgIpc) is 2.82. The van der Waals surface area contributed by atoms with Gasteiger partial charge in [-0.15, -0.1) is 0 Å². The molecule has 0 aliphatic carbocycles. The molecule has 9 heteroatoms. The van der Waals surface area contributed by atoms with E-state index >= 15 is 0 Å². The minimum atomic E-state index is -4.05. The molecule has 0 spiro atoms. The quantitative estimate of drug-likeness (QED) is 0.799. The number of aliphatic hydroxyl groups excluding tert-OH is 1. The van der Waals surface area contributed by atoms with E-state index in [9.17, 15) is 18.3 Å². The fraction of sp³-hybridized carbons (Fsp3) is 0.118. The maximum Gasteiger partial charge on any atom is 0.264 e. The molecule has 0 amide bonds. The van der Waals surface area contributed by atoms with Gasteiger partial charge in [-0.1, -0.05) is 41.4 Å². The molecular weight excluding hydrogens is 401 g/mol. The molecule has 2 aromatic rings. The molecule has 3 rings (SSSR count). The zero-order chi connectivity index (χ0) is 19.1. The first-order chi connectivity index (χ1) is 12.1. The molecule has 2 aromatic carbocycles. The van der Waals surface area contributed by atoms with Crippen LogP contribution in [0.25, 0.3) is 0 Å². The van der Waals surface area contributed by atoms with Crippen molar-refractivity contribution in [1.82, 2.24) is 4.72 Å². The first-order valence-electron chi connectivity index (χ1n) is 7.35. The molecule has 0 fully saturated rings. The van der Waals surface area contributed by atoms with Gasteiger partial charge in [0.1, 0.15) is 0 Å². The molecule has 136 valence electrons. The Morgan fingerprint density at radius 1 is 1.12 bits per heavy atom. The van der Waals surface area contributed by atoms with E-state index in [-0.39, 0.29) is 15.5 Å². The van der Waals surface area contributed by atoms with Crippen LogP contribution in [0.15, 0.2) is 65.1 Å². The molecular formula is C17H13Cl2NO5S. The normalized spacial score (nSPS) is 20.2. The van der Waals surface area contributed by atoms with Crippen LogP contribution in [-0.2, 0) is 25.2 Å². The van der Waals surface area contributed by atoms with Crippen molar-refractivity contribution in [3.63, 3.8) is 0 Å². The molecule has 0 radical (unpaired) electrons.